The van der Waals surface area contributed by atoms with E-state index in [1.807, 2.05) is 0 Å². The molecular formula is C13H9ClF2N2O3. The fourth-order valence-electron chi connectivity index (χ4n) is 1.75. The number of nitrogen functional groups attached to an aromatic ring is 1. The number of methoxy groups -OCH3 is 1. The number of ether oxygens (including phenoxy) is 1. The maximum absolute atomic E-state index is 14.2. The largest absolute Gasteiger partial charge is 0.491 e. The molecular weight excluding hydrogens is 306 g/mol. The van der Waals surface area contributed by atoms with Crippen LogP contribution in [0.1, 0.15) is 10.5 Å². The molecule has 1 aromatic carbocycles. The number of carboxylic acids is 1. The average Bonchev–Trinajstić information content (AvgIpc) is 2.42. The summed E-state index contributed by atoms with van der Waals surface area (Å²) in [5.41, 5.74) is 4.74. The molecule has 0 spiro atoms. The topological polar surface area (TPSA) is 85.4 Å². The van der Waals surface area contributed by atoms with Gasteiger partial charge in [-0.15, -0.1) is 0 Å². The molecule has 1 heterocycles. The first-order valence-electron chi connectivity index (χ1n) is 5.58. The Labute approximate surface area is 122 Å². The van der Waals surface area contributed by atoms with E-state index in [4.69, 9.17) is 22.4 Å². The van der Waals surface area contributed by atoms with Gasteiger partial charge in [0.1, 0.15) is 0 Å². The van der Waals surface area contributed by atoms with Crippen molar-refractivity contribution in [2.45, 2.75) is 0 Å². The number of nitrogens with two attached hydrogens (primary N) is 1. The molecule has 0 saturated heterocycles. The summed E-state index contributed by atoms with van der Waals surface area (Å²) in [5, 5.41) is 8.75. The Balaban J connectivity index is 2.71. The first kappa shape index (κ1) is 15.0. The van der Waals surface area contributed by atoms with Gasteiger partial charge in [-0.25, -0.2) is 18.6 Å². The maximum atomic E-state index is 14.2. The molecule has 2 aromatic rings. The highest BCUT2D eigenvalue weighted by molar-refractivity contribution is 6.35. The van der Waals surface area contributed by atoms with Crippen molar-refractivity contribution in [3.63, 3.8) is 0 Å². The molecule has 0 fully saturated rings. The molecule has 21 heavy (non-hydrogen) atoms. The molecule has 0 aliphatic rings. The van der Waals surface area contributed by atoms with Gasteiger partial charge in [0.05, 0.1) is 23.5 Å². The number of hydrogen-bond acceptors (Lipinski definition) is 4. The standard InChI is InChI=1S/C13H9ClF2N2O3/c1-21-12-6(15)3-2-5(10(12)16)8-4-7(17)9(14)11(18-8)13(19)20/h2-4H,1H3,(H2,17,18)(H,19,20). The zero-order valence-electron chi connectivity index (χ0n) is 10.7. The molecule has 3 N–H and O–H groups in total. The summed E-state index contributed by atoms with van der Waals surface area (Å²) in [4.78, 5) is 14.8. The third kappa shape index (κ3) is 2.59. The summed E-state index contributed by atoms with van der Waals surface area (Å²) in [6, 6.07) is 3.28. The number of carboxylic acid groups (broad SMARTS) is 1. The Morgan fingerprint density at radius 3 is 2.67 bits per heavy atom. The van der Waals surface area contributed by atoms with Gasteiger partial charge in [0.2, 0.25) is 0 Å². The minimum Gasteiger partial charge on any atom is -0.491 e. The number of hydrogen-bond donors (Lipinski definition) is 2. The first-order chi connectivity index (χ1) is 9.86. The molecule has 0 aliphatic heterocycles. The second-order valence-corrected chi connectivity index (χ2v) is 4.38. The Kier molecular flexibility index (Phi) is 3.95. The van der Waals surface area contributed by atoms with Crippen LogP contribution < -0.4 is 10.5 Å². The van der Waals surface area contributed by atoms with Crippen LogP contribution in [0.4, 0.5) is 14.5 Å². The highest BCUT2D eigenvalue weighted by Gasteiger charge is 2.20. The van der Waals surface area contributed by atoms with E-state index in [0.717, 1.165) is 19.2 Å². The van der Waals surface area contributed by atoms with Gasteiger partial charge in [-0.05, 0) is 18.2 Å². The maximum Gasteiger partial charge on any atom is 0.356 e. The molecule has 0 atom stereocenters. The number of aromatic carboxylic acids is 1. The summed E-state index contributed by atoms with van der Waals surface area (Å²) < 4.78 is 32.1. The molecule has 0 unspecified atom stereocenters. The molecule has 8 heteroatoms. The molecule has 0 amide bonds. The van der Waals surface area contributed by atoms with Crippen LogP contribution in [0.2, 0.25) is 5.02 Å². The minimum absolute atomic E-state index is 0.0817. The number of carbonyl (C=O) groups is 1. The van der Waals surface area contributed by atoms with Crippen LogP contribution in [-0.2, 0) is 0 Å². The van der Waals surface area contributed by atoms with Gasteiger partial charge >= 0.3 is 5.97 Å². The van der Waals surface area contributed by atoms with Crippen LogP contribution in [-0.4, -0.2) is 23.2 Å². The summed E-state index contributed by atoms with van der Waals surface area (Å²) in [6.07, 6.45) is 0. The first-order valence-corrected chi connectivity index (χ1v) is 5.96. The third-order valence-electron chi connectivity index (χ3n) is 2.72. The average molecular weight is 315 g/mol. The van der Waals surface area contributed by atoms with Crippen molar-refractivity contribution in [2.75, 3.05) is 12.8 Å². The molecule has 0 saturated carbocycles. The monoisotopic (exact) mass is 314 g/mol. The van der Waals surface area contributed by atoms with Crippen molar-refractivity contribution in [2.24, 2.45) is 0 Å². The van der Waals surface area contributed by atoms with Crippen molar-refractivity contribution in [3.05, 3.63) is 40.6 Å². The van der Waals surface area contributed by atoms with Gasteiger partial charge in [-0.1, -0.05) is 11.6 Å². The molecule has 2 rings (SSSR count). The number of halogens is 3. The van der Waals surface area contributed by atoms with Crippen molar-refractivity contribution in [1.29, 1.82) is 0 Å². The van der Waals surface area contributed by atoms with Crippen LogP contribution in [0, 0.1) is 11.6 Å². The SMILES string of the molecule is COc1c(F)ccc(-c2cc(N)c(Cl)c(C(=O)O)n2)c1F. The Morgan fingerprint density at radius 2 is 2.10 bits per heavy atom. The van der Waals surface area contributed by atoms with Crippen molar-refractivity contribution in [1.82, 2.24) is 4.98 Å². The van der Waals surface area contributed by atoms with Crippen LogP contribution in [0.5, 0.6) is 5.75 Å². The van der Waals surface area contributed by atoms with Crippen LogP contribution in [0.15, 0.2) is 18.2 Å². The van der Waals surface area contributed by atoms with Gasteiger partial charge in [-0.2, -0.15) is 0 Å². The normalized spacial score (nSPS) is 10.5. The van der Waals surface area contributed by atoms with Crippen molar-refractivity contribution in [3.8, 4) is 17.0 Å². The molecule has 5 nitrogen and oxygen atoms in total. The second-order valence-electron chi connectivity index (χ2n) is 4.01. The smallest absolute Gasteiger partial charge is 0.356 e. The third-order valence-corrected chi connectivity index (χ3v) is 3.11. The number of rotatable bonds is 3. The van der Waals surface area contributed by atoms with Crippen LogP contribution in [0.3, 0.4) is 0 Å². The van der Waals surface area contributed by atoms with E-state index in [-0.39, 0.29) is 22.0 Å². The van der Waals surface area contributed by atoms with E-state index < -0.39 is 29.0 Å². The van der Waals surface area contributed by atoms with Gasteiger partial charge < -0.3 is 15.6 Å². The number of pyridine rings is 1. The Morgan fingerprint density at radius 1 is 1.43 bits per heavy atom. The van der Waals surface area contributed by atoms with Crippen LogP contribution >= 0.6 is 11.6 Å². The van der Waals surface area contributed by atoms with Gasteiger partial charge in [0.25, 0.3) is 0 Å². The lowest BCUT2D eigenvalue weighted by Gasteiger charge is -2.10. The van der Waals surface area contributed by atoms with Crippen molar-refractivity contribution < 1.29 is 23.4 Å². The van der Waals surface area contributed by atoms with Gasteiger partial charge in [0.15, 0.2) is 23.1 Å². The van der Waals surface area contributed by atoms with Gasteiger partial charge in [0, 0.05) is 5.56 Å². The Hall–Kier alpha value is -2.41. The fourth-order valence-corrected chi connectivity index (χ4v) is 1.92. The number of nitrogens with zero attached hydrogens (tertiary/aromatic N) is 1. The lowest BCUT2D eigenvalue weighted by atomic mass is 10.1. The second kappa shape index (κ2) is 5.53. The van der Waals surface area contributed by atoms with Gasteiger partial charge in [-0.3, -0.25) is 0 Å². The van der Waals surface area contributed by atoms with E-state index in [1.54, 1.807) is 0 Å². The fraction of sp³-hybridized carbons (Fsp3) is 0.0769. The van der Waals surface area contributed by atoms with E-state index in [9.17, 15) is 13.6 Å². The minimum atomic E-state index is -1.41. The van der Waals surface area contributed by atoms with E-state index in [0.29, 0.717) is 0 Å². The number of anilines is 1. The lowest BCUT2D eigenvalue weighted by molar-refractivity contribution is 0.0691. The summed E-state index contributed by atoms with van der Waals surface area (Å²) >= 11 is 5.72. The number of benzene rings is 1. The summed E-state index contributed by atoms with van der Waals surface area (Å²) in [7, 11) is 1.11. The van der Waals surface area contributed by atoms with Crippen LogP contribution in [0.25, 0.3) is 11.3 Å². The molecule has 110 valence electrons. The summed E-state index contributed by atoms with van der Waals surface area (Å²) in [5.74, 6) is -3.91. The molecule has 0 radical (unpaired) electrons. The van der Waals surface area contributed by atoms with E-state index in [2.05, 4.69) is 9.72 Å². The zero-order chi connectivity index (χ0) is 15.7. The highest BCUT2D eigenvalue weighted by Crippen LogP contribution is 2.33. The predicted octanol–water partition coefficient (Wildman–Crippen LogP) is 2.97. The van der Waals surface area contributed by atoms with Crippen molar-refractivity contribution >= 4 is 23.3 Å². The molecule has 0 aliphatic carbocycles. The highest BCUT2D eigenvalue weighted by atomic mass is 35.5. The quantitative estimate of drug-likeness (QED) is 0.909. The molecule has 0 bridgehead atoms. The predicted molar refractivity (Wildman–Crippen MR) is 72.5 cm³/mol. The van der Waals surface area contributed by atoms with E-state index >= 15 is 0 Å². The number of aromatic nitrogens is 1. The summed E-state index contributed by atoms with van der Waals surface area (Å²) in [6.45, 7) is 0. The lowest BCUT2D eigenvalue weighted by Crippen LogP contribution is -2.06. The molecule has 1 aromatic heterocycles. The zero-order valence-corrected chi connectivity index (χ0v) is 11.4. The Bertz CT molecular complexity index is 738. The van der Waals surface area contributed by atoms with E-state index in [1.165, 1.54) is 6.07 Å².